The summed E-state index contributed by atoms with van der Waals surface area (Å²) in [6, 6.07) is 15.6. The number of imide groups is 1. The molecule has 2 aromatic rings. The summed E-state index contributed by atoms with van der Waals surface area (Å²) in [6.07, 6.45) is 0.620. The second kappa shape index (κ2) is 6.50. The highest BCUT2D eigenvalue weighted by molar-refractivity contribution is 6.14. The Morgan fingerprint density at radius 3 is 2.42 bits per heavy atom. The van der Waals surface area contributed by atoms with E-state index < -0.39 is 22.9 Å². The number of nitrogens with two attached hydrogens (primary N) is 1. The zero-order valence-electron chi connectivity index (χ0n) is 18.3. The Hall–Kier alpha value is -2.99. The smallest absolute Gasteiger partial charge is 0.291 e. The number of hydrogen-bond donors (Lipinski definition) is 2. The van der Waals surface area contributed by atoms with E-state index in [1.165, 1.54) is 4.90 Å². The predicted octanol–water partition coefficient (Wildman–Crippen LogP) is 1.73. The number of likely N-dealkylation sites (tertiary alicyclic amines) is 1. The van der Waals surface area contributed by atoms with Crippen LogP contribution in [0.4, 0.5) is 5.69 Å². The van der Waals surface area contributed by atoms with Crippen LogP contribution in [0.25, 0.3) is 0 Å². The number of aryl methyl sites for hydroxylation is 1. The standard InChI is InChI=1S/C25H27N3O3/c1-14-10-11-17-16(12-14)25(23(31)26-17)20-19(21(29)28(22(20)30)24(2,3)4)18(27-25)13-15-8-6-5-7-9-15/h5-12,18-20,27H,13H2,1-4H3,(H,26,31)/p+1/t18-,19-,20+,25-/m1/s1. The fourth-order valence-electron chi connectivity index (χ4n) is 5.81. The van der Waals surface area contributed by atoms with E-state index in [1.54, 1.807) is 0 Å². The van der Waals surface area contributed by atoms with Crippen molar-refractivity contribution in [3.05, 3.63) is 65.2 Å². The minimum absolute atomic E-state index is 0.162. The fourth-order valence-corrected chi connectivity index (χ4v) is 5.81. The quantitative estimate of drug-likeness (QED) is 0.729. The average Bonchev–Trinajstić information content (AvgIpc) is 3.27. The van der Waals surface area contributed by atoms with E-state index in [2.05, 4.69) is 5.32 Å². The Labute approximate surface area is 182 Å². The van der Waals surface area contributed by atoms with Gasteiger partial charge in [-0.3, -0.25) is 19.3 Å². The molecule has 0 aromatic heterocycles. The number of carbonyl (C=O) groups is 3. The molecule has 1 spiro atoms. The number of quaternary nitrogens is 1. The second-order valence-corrected chi connectivity index (χ2v) is 10.1. The molecule has 0 bridgehead atoms. The molecular weight excluding hydrogens is 390 g/mol. The monoisotopic (exact) mass is 418 g/mol. The Morgan fingerprint density at radius 2 is 1.74 bits per heavy atom. The maximum absolute atomic E-state index is 13.7. The first kappa shape index (κ1) is 19.9. The van der Waals surface area contributed by atoms with Crippen LogP contribution in [0.3, 0.4) is 0 Å². The van der Waals surface area contributed by atoms with Gasteiger partial charge in [-0.2, -0.15) is 0 Å². The molecule has 5 rings (SSSR count). The van der Waals surface area contributed by atoms with Crippen molar-refractivity contribution in [2.45, 2.75) is 51.2 Å². The maximum atomic E-state index is 13.7. The van der Waals surface area contributed by atoms with Crippen LogP contribution < -0.4 is 10.6 Å². The van der Waals surface area contributed by atoms with E-state index in [0.29, 0.717) is 6.42 Å². The molecule has 31 heavy (non-hydrogen) atoms. The van der Waals surface area contributed by atoms with Gasteiger partial charge in [0.05, 0.1) is 5.69 Å². The average molecular weight is 419 g/mol. The van der Waals surface area contributed by atoms with Gasteiger partial charge in [-0.15, -0.1) is 0 Å². The minimum atomic E-state index is -1.11. The highest BCUT2D eigenvalue weighted by Crippen LogP contribution is 2.50. The molecule has 4 atom stereocenters. The molecule has 2 fully saturated rings. The minimum Gasteiger partial charge on any atom is -0.326 e. The van der Waals surface area contributed by atoms with Crippen LogP contribution >= 0.6 is 0 Å². The van der Waals surface area contributed by atoms with Crippen LogP contribution in [0.15, 0.2) is 48.5 Å². The molecule has 3 N–H and O–H groups in total. The van der Waals surface area contributed by atoms with E-state index >= 15 is 0 Å². The van der Waals surface area contributed by atoms with Gasteiger partial charge >= 0.3 is 0 Å². The van der Waals surface area contributed by atoms with Gasteiger partial charge in [-0.25, -0.2) is 0 Å². The molecule has 2 aromatic carbocycles. The predicted molar refractivity (Wildman–Crippen MR) is 116 cm³/mol. The third-order valence-electron chi connectivity index (χ3n) is 7.01. The summed E-state index contributed by atoms with van der Waals surface area (Å²) in [5.41, 5.74) is 1.92. The zero-order valence-corrected chi connectivity index (χ0v) is 18.3. The van der Waals surface area contributed by atoms with Crippen LogP contribution in [-0.2, 0) is 26.3 Å². The van der Waals surface area contributed by atoms with Gasteiger partial charge in [-0.05, 0) is 45.4 Å². The summed E-state index contributed by atoms with van der Waals surface area (Å²) in [6.45, 7) is 7.60. The number of benzene rings is 2. The van der Waals surface area contributed by atoms with Crippen LogP contribution in [0.1, 0.15) is 37.5 Å². The third kappa shape index (κ3) is 2.71. The van der Waals surface area contributed by atoms with Crippen LogP contribution in [0.5, 0.6) is 0 Å². The summed E-state index contributed by atoms with van der Waals surface area (Å²) < 4.78 is 0. The molecular formula is C25H28N3O3+. The van der Waals surface area contributed by atoms with E-state index in [-0.39, 0.29) is 23.8 Å². The summed E-state index contributed by atoms with van der Waals surface area (Å²) in [5.74, 6) is -1.85. The Bertz CT molecular complexity index is 1100. The number of nitrogens with one attached hydrogen (secondary N) is 1. The van der Waals surface area contributed by atoms with Crippen molar-refractivity contribution in [2.75, 3.05) is 5.32 Å². The van der Waals surface area contributed by atoms with Gasteiger partial charge in [0.2, 0.25) is 17.4 Å². The Balaban J connectivity index is 1.68. The number of amides is 3. The van der Waals surface area contributed by atoms with Crippen molar-refractivity contribution >= 4 is 23.4 Å². The van der Waals surface area contributed by atoms with Crippen molar-refractivity contribution in [3.63, 3.8) is 0 Å². The molecule has 3 heterocycles. The first-order valence-corrected chi connectivity index (χ1v) is 10.8. The van der Waals surface area contributed by atoms with Gasteiger partial charge in [0.25, 0.3) is 5.91 Å². The van der Waals surface area contributed by atoms with E-state index in [0.717, 1.165) is 22.4 Å². The second-order valence-electron chi connectivity index (χ2n) is 10.1. The molecule has 6 nitrogen and oxygen atoms in total. The molecule has 0 unspecified atom stereocenters. The number of rotatable bonds is 2. The summed E-state index contributed by atoms with van der Waals surface area (Å²) in [7, 11) is 0. The lowest BCUT2D eigenvalue weighted by Crippen LogP contribution is -2.99. The van der Waals surface area contributed by atoms with Crippen molar-refractivity contribution < 1.29 is 19.7 Å². The lowest BCUT2D eigenvalue weighted by Gasteiger charge is -2.33. The molecule has 0 aliphatic carbocycles. The number of fused-ring (bicyclic) bond motifs is 4. The van der Waals surface area contributed by atoms with Gasteiger partial charge in [0.15, 0.2) is 0 Å². The van der Waals surface area contributed by atoms with Crippen molar-refractivity contribution in [3.8, 4) is 0 Å². The van der Waals surface area contributed by atoms with Crippen molar-refractivity contribution in [1.29, 1.82) is 0 Å². The largest absolute Gasteiger partial charge is 0.326 e. The van der Waals surface area contributed by atoms with Crippen LogP contribution in [0.2, 0.25) is 0 Å². The molecule has 0 radical (unpaired) electrons. The number of anilines is 1. The van der Waals surface area contributed by atoms with Gasteiger partial charge < -0.3 is 10.6 Å². The van der Waals surface area contributed by atoms with E-state index in [1.807, 2.05) is 81.5 Å². The molecule has 160 valence electrons. The van der Waals surface area contributed by atoms with E-state index in [4.69, 9.17) is 0 Å². The topological polar surface area (TPSA) is 83.1 Å². The third-order valence-corrected chi connectivity index (χ3v) is 7.01. The lowest BCUT2D eigenvalue weighted by atomic mass is 9.76. The van der Waals surface area contributed by atoms with Crippen molar-refractivity contribution in [1.82, 2.24) is 4.90 Å². The molecule has 3 aliphatic rings. The highest BCUT2D eigenvalue weighted by atomic mass is 16.2. The SMILES string of the molecule is Cc1ccc2c(c1)[C@]1([NH2+][C@H](Cc3ccccc3)[C@H]3C(=O)N(C(C)(C)C)C(=O)[C@H]31)C(=O)N2. The summed E-state index contributed by atoms with van der Waals surface area (Å²) in [5, 5.41) is 5.00. The van der Waals surface area contributed by atoms with Crippen LogP contribution in [-0.4, -0.2) is 34.2 Å². The molecule has 3 amide bonds. The normalized spacial score (nSPS) is 29.5. The number of carbonyl (C=O) groups excluding carboxylic acids is 3. The maximum Gasteiger partial charge on any atom is 0.291 e. The summed E-state index contributed by atoms with van der Waals surface area (Å²) >= 11 is 0. The molecule has 3 aliphatic heterocycles. The molecule has 0 saturated carbocycles. The summed E-state index contributed by atoms with van der Waals surface area (Å²) in [4.78, 5) is 42.3. The number of hydrogen-bond acceptors (Lipinski definition) is 3. The zero-order chi connectivity index (χ0) is 22.1. The van der Waals surface area contributed by atoms with E-state index in [9.17, 15) is 14.4 Å². The van der Waals surface area contributed by atoms with Gasteiger partial charge in [0, 0.05) is 17.5 Å². The van der Waals surface area contributed by atoms with Gasteiger partial charge in [-0.1, -0.05) is 42.0 Å². The van der Waals surface area contributed by atoms with Crippen molar-refractivity contribution in [2.24, 2.45) is 11.8 Å². The Kier molecular flexibility index (Phi) is 4.18. The first-order chi connectivity index (χ1) is 14.6. The van der Waals surface area contributed by atoms with Gasteiger partial charge in [0.1, 0.15) is 17.9 Å². The molecule has 2 saturated heterocycles. The van der Waals surface area contributed by atoms with Crippen LogP contribution in [0, 0.1) is 18.8 Å². The first-order valence-electron chi connectivity index (χ1n) is 10.8. The molecule has 6 heteroatoms. The number of nitrogens with zero attached hydrogens (tertiary/aromatic N) is 1. The Morgan fingerprint density at radius 1 is 1.03 bits per heavy atom. The lowest BCUT2D eigenvalue weighted by molar-refractivity contribution is -0.733. The highest BCUT2D eigenvalue weighted by Gasteiger charge is 2.74. The fraction of sp³-hybridized carbons (Fsp3) is 0.400.